The Bertz CT molecular complexity index is 564. The number of hydrogen-bond acceptors (Lipinski definition) is 5. The van der Waals surface area contributed by atoms with Crippen LogP contribution in [-0.2, 0) is 10.0 Å². The van der Waals surface area contributed by atoms with Gasteiger partial charge < -0.3 is 5.43 Å². The number of nitrogen functional groups attached to an aromatic ring is 1. The van der Waals surface area contributed by atoms with Crippen molar-refractivity contribution in [2.24, 2.45) is 11.8 Å². The number of aromatic nitrogens is 1. The number of nitrogens with zero attached hydrogens (tertiary/aromatic N) is 1. The van der Waals surface area contributed by atoms with E-state index in [1.165, 1.54) is 12.3 Å². The number of hydrazine groups is 1. The molecule has 1 fully saturated rings. The van der Waals surface area contributed by atoms with E-state index in [-0.39, 0.29) is 21.8 Å². The van der Waals surface area contributed by atoms with Crippen LogP contribution in [0.1, 0.15) is 26.2 Å². The van der Waals surface area contributed by atoms with Gasteiger partial charge in [-0.3, -0.25) is 0 Å². The van der Waals surface area contributed by atoms with Gasteiger partial charge in [-0.15, -0.1) is 0 Å². The number of pyridine rings is 1. The number of sulfonamides is 1. The van der Waals surface area contributed by atoms with Gasteiger partial charge in [0, 0.05) is 12.2 Å². The lowest BCUT2D eigenvalue weighted by molar-refractivity contribution is 0.538. The summed E-state index contributed by atoms with van der Waals surface area (Å²) in [6.07, 6.45) is 4.01. The van der Waals surface area contributed by atoms with Crippen LogP contribution in [0.4, 0.5) is 5.82 Å². The Morgan fingerprint density at radius 2 is 2.21 bits per heavy atom. The van der Waals surface area contributed by atoms with Gasteiger partial charge in [0.05, 0.1) is 5.02 Å². The molecule has 1 aliphatic rings. The van der Waals surface area contributed by atoms with Gasteiger partial charge in [-0.25, -0.2) is 24.0 Å². The van der Waals surface area contributed by atoms with Gasteiger partial charge in [-0.2, -0.15) is 0 Å². The van der Waals surface area contributed by atoms with E-state index in [1.807, 2.05) is 0 Å². The number of rotatable bonds is 4. The molecule has 106 valence electrons. The SMILES string of the molecule is CC1CCC(NS(=O)(=O)c2cnc(NN)c(Cl)c2)C1. The van der Waals surface area contributed by atoms with Crippen LogP contribution in [0, 0.1) is 5.92 Å². The van der Waals surface area contributed by atoms with Gasteiger partial charge in [-0.05, 0) is 31.2 Å². The zero-order valence-electron chi connectivity index (χ0n) is 10.6. The fourth-order valence-electron chi connectivity index (χ4n) is 2.28. The molecular weight excluding hydrogens is 288 g/mol. The maximum absolute atomic E-state index is 12.2. The lowest BCUT2D eigenvalue weighted by Crippen LogP contribution is -2.33. The monoisotopic (exact) mass is 304 g/mol. The third-order valence-electron chi connectivity index (χ3n) is 3.28. The third-order valence-corrected chi connectivity index (χ3v) is 5.06. The Kier molecular flexibility index (Phi) is 4.29. The molecule has 6 nitrogen and oxygen atoms in total. The minimum absolute atomic E-state index is 0.00825. The Morgan fingerprint density at radius 3 is 2.74 bits per heavy atom. The smallest absolute Gasteiger partial charge is 0.242 e. The fraction of sp³-hybridized carbons (Fsp3) is 0.545. The predicted octanol–water partition coefficient (Wildman–Crippen LogP) is 1.49. The van der Waals surface area contributed by atoms with Crippen LogP contribution in [-0.4, -0.2) is 19.4 Å². The molecule has 0 aromatic carbocycles. The van der Waals surface area contributed by atoms with Gasteiger partial charge in [-0.1, -0.05) is 18.5 Å². The molecular formula is C11H17ClN4O2S. The molecule has 0 aliphatic heterocycles. The van der Waals surface area contributed by atoms with E-state index in [0.29, 0.717) is 5.92 Å². The maximum atomic E-state index is 12.2. The topological polar surface area (TPSA) is 97.1 Å². The van der Waals surface area contributed by atoms with Crippen LogP contribution in [0.3, 0.4) is 0 Å². The molecule has 2 rings (SSSR count). The van der Waals surface area contributed by atoms with E-state index < -0.39 is 10.0 Å². The van der Waals surface area contributed by atoms with Gasteiger partial charge >= 0.3 is 0 Å². The molecule has 1 aromatic rings. The number of halogens is 1. The highest BCUT2D eigenvalue weighted by atomic mass is 35.5. The molecule has 0 radical (unpaired) electrons. The Labute approximate surface area is 117 Å². The second-order valence-corrected chi connectivity index (χ2v) is 7.00. The Balaban J connectivity index is 2.17. The highest BCUT2D eigenvalue weighted by Crippen LogP contribution is 2.27. The first-order valence-electron chi connectivity index (χ1n) is 6.07. The van der Waals surface area contributed by atoms with E-state index in [9.17, 15) is 8.42 Å². The van der Waals surface area contributed by atoms with E-state index in [0.717, 1.165) is 19.3 Å². The summed E-state index contributed by atoms with van der Waals surface area (Å²) in [5, 5.41) is 0.171. The van der Waals surface area contributed by atoms with E-state index in [1.54, 1.807) is 0 Å². The molecule has 1 aliphatic carbocycles. The average molecular weight is 305 g/mol. The number of anilines is 1. The Morgan fingerprint density at radius 1 is 1.47 bits per heavy atom. The van der Waals surface area contributed by atoms with Crippen molar-refractivity contribution < 1.29 is 8.42 Å². The minimum Gasteiger partial charge on any atom is -0.307 e. The molecule has 0 saturated heterocycles. The van der Waals surface area contributed by atoms with Crippen LogP contribution in [0.15, 0.2) is 17.2 Å². The first-order chi connectivity index (χ1) is 8.92. The fourth-order valence-corrected chi connectivity index (χ4v) is 3.81. The zero-order valence-corrected chi connectivity index (χ0v) is 12.1. The van der Waals surface area contributed by atoms with Crippen LogP contribution < -0.4 is 16.0 Å². The summed E-state index contributed by atoms with van der Waals surface area (Å²) in [5.74, 6) is 5.99. The van der Waals surface area contributed by atoms with Crippen molar-refractivity contribution in [3.05, 3.63) is 17.3 Å². The van der Waals surface area contributed by atoms with Crippen molar-refractivity contribution in [3.8, 4) is 0 Å². The highest BCUT2D eigenvalue weighted by molar-refractivity contribution is 7.89. The lowest BCUT2D eigenvalue weighted by Gasteiger charge is -2.13. The highest BCUT2D eigenvalue weighted by Gasteiger charge is 2.27. The first kappa shape index (κ1) is 14.5. The normalized spacial score (nSPS) is 23.5. The molecule has 8 heteroatoms. The van der Waals surface area contributed by atoms with Crippen molar-refractivity contribution >= 4 is 27.4 Å². The average Bonchev–Trinajstić information content (AvgIpc) is 2.73. The van der Waals surface area contributed by atoms with E-state index in [4.69, 9.17) is 17.4 Å². The molecule has 0 spiro atoms. The summed E-state index contributed by atoms with van der Waals surface area (Å²) in [4.78, 5) is 3.92. The molecule has 1 heterocycles. The maximum Gasteiger partial charge on any atom is 0.242 e. The first-order valence-corrected chi connectivity index (χ1v) is 7.93. The summed E-state index contributed by atoms with van der Waals surface area (Å²) in [6, 6.07) is 1.33. The largest absolute Gasteiger partial charge is 0.307 e. The lowest BCUT2D eigenvalue weighted by atomic mass is 10.1. The van der Waals surface area contributed by atoms with Crippen molar-refractivity contribution in [3.63, 3.8) is 0 Å². The zero-order chi connectivity index (χ0) is 14.0. The van der Waals surface area contributed by atoms with Gasteiger partial charge in [0.25, 0.3) is 0 Å². The summed E-state index contributed by atoms with van der Waals surface area (Å²) < 4.78 is 27.1. The van der Waals surface area contributed by atoms with Crippen molar-refractivity contribution in [1.82, 2.24) is 9.71 Å². The van der Waals surface area contributed by atoms with Crippen LogP contribution in [0.2, 0.25) is 5.02 Å². The predicted molar refractivity (Wildman–Crippen MR) is 74.2 cm³/mol. The molecule has 2 unspecified atom stereocenters. The van der Waals surface area contributed by atoms with Crippen molar-refractivity contribution in [2.45, 2.75) is 37.1 Å². The second kappa shape index (κ2) is 5.62. The summed E-state index contributed by atoms with van der Waals surface area (Å²) in [5.41, 5.74) is 2.29. The number of nitrogens with one attached hydrogen (secondary N) is 2. The molecule has 1 aromatic heterocycles. The van der Waals surface area contributed by atoms with E-state index >= 15 is 0 Å². The second-order valence-electron chi connectivity index (χ2n) is 4.88. The quantitative estimate of drug-likeness (QED) is 0.578. The van der Waals surface area contributed by atoms with Gasteiger partial charge in [0.1, 0.15) is 4.90 Å². The molecule has 2 atom stereocenters. The summed E-state index contributed by atoms with van der Waals surface area (Å²) in [6.45, 7) is 2.12. The number of hydrogen-bond donors (Lipinski definition) is 3. The van der Waals surface area contributed by atoms with Crippen LogP contribution in [0.5, 0.6) is 0 Å². The minimum atomic E-state index is -3.58. The van der Waals surface area contributed by atoms with Gasteiger partial charge in [0.15, 0.2) is 5.82 Å². The van der Waals surface area contributed by atoms with Gasteiger partial charge in [0.2, 0.25) is 10.0 Å². The summed E-state index contributed by atoms with van der Waals surface area (Å²) in [7, 11) is -3.58. The molecule has 0 bridgehead atoms. The summed E-state index contributed by atoms with van der Waals surface area (Å²) >= 11 is 5.88. The van der Waals surface area contributed by atoms with Crippen molar-refractivity contribution in [2.75, 3.05) is 5.43 Å². The Hall–Kier alpha value is -0.890. The molecule has 1 saturated carbocycles. The van der Waals surface area contributed by atoms with Crippen molar-refractivity contribution in [1.29, 1.82) is 0 Å². The van der Waals surface area contributed by atoms with E-state index in [2.05, 4.69) is 22.1 Å². The number of nitrogens with two attached hydrogens (primary N) is 1. The van der Waals surface area contributed by atoms with Crippen LogP contribution in [0.25, 0.3) is 0 Å². The third kappa shape index (κ3) is 3.36. The molecule has 4 N–H and O–H groups in total. The molecule has 0 amide bonds. The molecule has 19 heavy (non-hydrogen) atoms. The standard InChI is InChI=1S/C11H17ClN4O2S/c1-7-2-3-8(4-7)16-19(17,18)9-5-10(12)11(15-13)14-6-9/h5-8,16H,2-4,13H2,1H3,(H,14,15). The van der Waals surface area contributed by atoms with Crippen LogP contribution >= 0.6 is 11.6 Å².